The lowest BCUT2D eigenvalue weighted by Gasteiger charge is -2.20. The van der Waals surface area contributed by atoms with E-state index in [1.165, 1.54) is 30.3 Å². The Balaban J connectivity index is 1.88. The van der Waals surface area contributed by atoms with Crippen molar-refractivity contribution in [3.05, 3.63) is 76.7 Å². The van der Waals surface area contributed by atoms with E-state index in [2.05, 4.69) is 10.4 Å². The van der Waals surface area contributed by atoms with Gasteiger partial charge in [-0.25, -0.2) is 9.07 Å². The quantitative estimate of drug-likeness (QED) is 0.592. The number of carboxylic acids is 1. The van der Waals surface area contributed by atoms with E-state index in [-0.39, 0.29) is 18.0 Å². The van der Waals surface area contributed by atoms with Gasteiger partial charge in [-0.15, -0.1) is 0 Å². The highest BCUT2D eigenvalue weighted by Crippen LogP contribution is 2.24. The van der Waals surface area contributed by atoms with Crippen LogP contribution in [0, 0.1) is 19.7 Å². The molecule has 7 nitrogen and oxygen atoms in total. The van der Waals surface area contributed by atoms with Crippen molar-refractivity contribution in [1.29, 1.82) is 0 Å². The third-order valence-electron chi connectivity index (χ3n) is 4.70. The zero-order valence-electron chi connectivity index (χ0n) is 15.9. The normalized spacial score (nSPS) is 11.8. The van der Waals surface area contributed by atoms with Gasteiger partial charge in [-0.2, -0.15) is 5.10 Å². The summed E-state index contributed by atoms with van der Waals surface area (Å²) in [6.07, 6.45) is -0.305. The van der Waals surface area contributed by atoms with E-state index >= 15 is 0 Å². The number of carbonyl (C=O) groups is 2. The average molecular weight is 397 g/mol. The Bertz CT molecular complexity index is 1060. The number of aromatic nitrogens is 2. The molecule has 0 aliphatic heterocycles. The van der Waals surface area contributed by atoms with Crippen molar-refractivity contribution in [3.63, 3.8) is 0 Å². The molecule has 0 radical (unpaired) electrons. The Morgan fingerprint density at radius 2 is 1.86 bits per heavy atom. The van der Waals surface area contributed by atoms with Gasteiger partial charge in [0.25, 0.3) is 5.91 Å². The summed E-state index contributed by atoms with van der Waals surface area (Å²) in [5.41, 5.74) is 2.85. The number of benzene rings is 2. The number of carbonyl (C=O) groups excluding carboxylic acids is 1. The van der Waals surface area contributed by atoms with Gasteiger partial charge in [0.1, 0.15) is 5.82 Å². The number of rotatable bonds is 6. The van der Waals surface area contributed by atoms with Crippen molar-refractivity contribution in [2.24, 2.45) is 0 Å². The summed E-state index contributed by atoms with van der Waals surface area (Å²) in [5, 5.41) is 26.1. The van der Waals surface area contributed by atoms with E-state index in [4.69, 9.17) is 0 Å². The van der Waals surface area contributed by atoms with Gasteiger partial charge in [0, 0.05) is 6.07 Å². The third-order valence-corrected chi connectivity index (χ3v) is 4.70. The highest BCUT2D eigenvalue weighted by molar-refractivity contribution is 5.93. The zero-order chi connectivity index (χ0) is 21.1. The molecular weight excluding hydrogens is 377 g/mol. The maximum absolute atomic E-state index is 13.1. The number of hydrogen-bond acceptors (Lipinski definition) is 4. The first-order valence-corrected chi connectivity index (χ1v) is 8.90. The number of aliphatic carboxylic acids is 1. The largest absolute Gasteiger partial charge is 0.493 e. The fraction of sp³-hybridized carbons (Fsp3) is 0.190. The maximum Gasteiger partial charge on any atom is 0.305 e. The molecule has 0 aliphatic carbocycles. The molecule has 0 aliphatic rings. The molecule has 0 saturated heterocycles. The first kappa shape index (κ1) is 20.1. The van der Waals surface area contributed by atoms with E-state index in [0.717, 1.165) is 15.8 Å². The summed E-state index contributed by atoms with van der Waals surface area (Å²) >= 11 is 0. The average Bonchev–Trinajstić information content (AvgIpc) is 3.05. The summed E-state index contributed by atoms with van der Waals surface area (Å²) in [4.78, 5) is 24.0. The third kappa shape index (κ3) is 4.43. The van der Waals surface area contributed by atoms with Crippen LogP contribution in [0.15, 0.2) is 48.5 Å². The molecule has 8 heteroatoms. The maximum atomic E-state index is 13.1. The first-order valence-electron chi connectivity index (χ1n) is 8.90. The van der Waals surface area contributed by atoms with E-state index < -0.39 is 23.7 Å². The second kappa shape index (κ2) is 8.14. The van der Waals surface area contributed by atoms with E-state index in [1.807, 2.05) is 19.9 Å². The molecule has 1 amide bonds. The fourth-order valence-corrected chi connectivity index (χ4v) is 3.05. The van der Waals surface area contributed by atoms with Crippen molar-refractivity contribution in [1.82, 2.24) is 15.1 Å². The van der Waals surface area contributed by atoms with Gasteiger partial charge < -0.3 is 15.5 Å². The topological polar surface area (TPSA) is 104 Å². The van der Waals surface area contributed by atoms with Crippen LogP contribution in [-0.2, 0) is 4.79 Å². The lowest BCUT2D eigenvalue weighted by atomic mass is 9.95. The van der Waals surface area contributed by atoms with E-state index in [9.17, 15) is 24.2 Å². The van der Waals surface area contributed by atoms with Crippen molar-refractivity contribution in [3.8, 4) is 11.6 Å². The Morgan fingerprint density at radius 1 is 1.17 bits per heavy atom. The summed E-state index contributed by atoms with van der Waals surface area (Å²) < 4.78 is 14.2. The minimum absolute atomic E-state index is 0.0903. The Hall–Kier alpha value is -3.68. The molecule has 0 bridgehead atoms. The number of nitrogens with zero attached hydrogens (tertiary/aromatic N) is 2. The van der Waals surface area contributed by atoms with Crippen LogP contribution in [0.5, 0.6) is 5.88 Å². The van der Waals surface area contributed by atoms with E-state index in [0.29, 0.717) is 11.3 Å². The van der Waals surface area contributed by atoms with Crippen LogP contribution >= 0.6 is 0 Å². The second-order valence-electron chi connectivity index (χ2n) is 6.69. The number of aryl methyl sites for hydroxylation is 1. The van der Waals surface area contributed by atoms with Crippen molar-refractivity contribution in [2.75, 3.05) is 0 Å². The lowest BCUT2D eigenvalue weighted by Crippen LogP contribution is -2.31. The highest BCUT2D eigenvalue weighted by Gasteiger charge is 2.23. The standard InChI is InChI=1S/C21H20FN3O4/c1-12-4-3-5-16(13(12)2)17(11-20(27)28)23-21(29)18-10-19(26)25(24-18)15-8-6-14(22)7-9-15/h3-10,17,26H,11H2,1-2H3,(H,23,29)(H,27,28). The minimum atomic E-state index is -1.06. The number of nitrogens with one attached hydrogen (secondary N) is 1. The smallest absolute Gasteiger partial charge is 0.305 e. The summed E-state index contributed by atoms with van der Waals surface area (Å²) in [5.74, 6) is -2.43. The van der Waals surface area contributed by atoms with Crippen molar-refractivity contribution < 1.29 is 24.2 Å². The lowest BCUT2D eigenvalue weighted by molar-refractivity contribution is -0.137. The number of halogens is 1. The molecule has 1 unspecified atom stereocenters. The van der Waals surface area contributed by atoms with Gasteiger partial charge in [-0.05, 0) is 54.8 Å². The van der Waals surface area contributed by atoms with Crippen LogP contribution in [0.2, 0.25) is 0 Å². The molecular formula is C21H20FN3O4. The predicted octanol–water partition coefficient (Wildman–Crippen LogP) is 3.28. The Morgan fingerprint density at radius 3 is 2.52 bits per heavy atom. The van der Waals surface area contributed by atoms with Gasteiger partial charge in [-0.3, -0.25) is 9.59 Å². The van der Waals surface area contributed by atoms with Crippen LogP contribution in [0.25, 0.3) is 5.69 Å². The van der Waals surface area contributed by atoms with E-state index in [1.54, 1.807) is 12.1 Å². The summed E-state index contributed by atoms with van der Waals surface area (Å²) in [6, 6.07) is 11.1. The molecule has 1 aromatic heterocycles. The van der Waals surface area contributed by atoms with Crippen LogP contribution in [0.1, 0.15) is 39.6 Å². The molecule has 1 heterocycles. The summed E-state index contributed by atoms with van der Waals surface area (Å²) in [6.45, 7) is 3.77. The second-order valence-corrected chi connectivity index (χ2v) is 6.69. The number of hydrogen-bond donors (Lipinski definition) is 3. The fourth-order valence-electron chi connectivity index (χ4n) is 3.05. The molecule has 150 valence electrons. The molecule has 2 aromatic carbocycles. The Kier molecular flexibility index (Phi) is 5.63. The van der Waals surface area contributed by atoms with Crippen LogP contribution in [-0.4, -0.2) is 31.9 Å². The molecule has 3 N–H and O–H groups in total. The predicted molar refractivity (Wildman–Crippen MR) is 104 cm³/mol. The van der Waals surface area contributed by atoms with Crippen molar-refractivity contribution in [2.45, 2.75) is 26.3 Å². The molecule has 0 saturated carbocycles. The molecule has 29 heavy (non-hydrogen) atoms. The first-order chi connectivity index (χ1) is 13.8. The molecule has 1 atom stereocenters. The van der Waals surface area contributed by atoms with Crippen molar-refractivity contribution >= 4 is 11.9 Å². The van der Waals surface area contributed by atoms with Crippen LogP contribution in [0.3, 0.4) is 0 Å². The SMILES string of the molecule is Cc1cccc(C(CC(=O)O)NC(=O)c2cc(O)n(-c3ccc(F)cc3)n2)c1C. The molecule has 0 fully saturated rings. The monoisotopic (exact) mass is 397 g/mol. The van der Waals surface area contributed by atoms with Crippen LogP contribution < -0.4 is 5.32 Å². The number of amides is 1. The van der Waals surface area contributed by atoms with Gasteiger partial charge in [0.15, 0.2) is 5.69 Å². The molecule has 3 rings (SSSR count). The Labute approximate surface area is 166 Å². The van der Waals surface area contributed by atoms with Gasteiger partial charge >= 0.3 is 5.97 Å². The summed E-state index contributed by atoms with van der Waals surface area (Å²) in [7, 11) is 0. The van der Waals surface area contributed by atoms with Gasteiger partial charge in [0.2, 0.25) is 5.88 Å². The number of aromatic hydroxyl groups is 1. The zero-order valence-corrected chi connectivity index (χ0v) is 15.9. The van der Waals surface area contributed by atoms with Gasteiger partial charge in [-0.1, -0.05) is 18.2 Å². The van der Waals surface area contributed by atoms with Gasteiger partial charge in [0.05, 0.1) is 18.2 Å². The molecule has 0 spiro atoms. The molecule has 3 aromatic rings. The van der Waals surface area contributed by atoms with Crippen LogP contribution in [0.4, 0.5) is 4.39 Å². The number of carboxylic acid groups (broad SMARTS) is 1. The minimum Gasteiger partial charge on any atom is -0.493 e. The highest BCUT2D eigenvalue weighted by atomic mass is 19.1.